The minimum atomic E-state index is 0.324. The lowest BCUT2D eigenvalue weighted by Gasteiger charge is -2.01. The van der Waals surface area contributed by atoms with Crippen LogP contribution in [0.25, 0.3) is 0 Å². The Morgan fingerprint density at radius 2 is 1.44 bits per heavy atom. The second-order valence-corrected chi connectivity index (χ2v) is 5.33. The van der Waals surface area contributed by atoms with Crippen molar-refractivity contribution in [3.8, 4) is 0 Å². The number of nitrogens with zero attached hydrogens (tertiary/aromatic N) is 2. The summed E-state index contributed by atoms with van der Waals surface area (Å²) >= 11 is 0. The lowest BCUT2D eigenvalue weighted by atomic mass is 10.1. The number of hydrogen-bond donors (Lipinski definition) is 0. The summed E-state index contributed by atoms with van der Waals surface area (Å²) in [4.78, 5) is 42.0. The molecule has 0 saturated heterocycles. The van der Waals surface area contributed by atoms with Crippen molar-refractivity contribution >= 4 is 30.8 Å². The van der Waals surface area contributed by atoms with Gasteiger partial charge in [0.25, 0.3) is 0 Å². The molecule has 0 bridgehead atoms. The number of hydrogen-bond acceptors (Lipinski definition) is 7. The molecule has 0 saturated carbocycles. The lowest BCUT2D eigenvalue weighted by molar-refractivity contribution is -0.102. The van der Waals surface area contributed by atoms with E-state index in [0.29, 0.717) is 54.5 Å². The summed E-state index contributed by atoms with van der Waals surface area (Å²) in [7, 11) is 0. The first-order valence-corrected chi connectivity index (χ1v) is 8.02. The maximum absolute atomic E-state index is 10.8. The zero-order valence-corrected chi connectivity index (χ0v) is 14.2. The van der Waals surface area contributed by atoms with E-state index in [9.17, 15) is 14.4 Å². The topological polar surface area (TPSA) is 94.4 Å². The molecule has 0 aliphatic heterocycles. The molecule has 0 aromatic heterocycles. The van der Waals surface area contributed by atoms with Gasteiger partial charge < -0.3 is 9.68 Å². The van der Waals surface area contributed by atoms with Crippen LogP contribution in [0.15, 0.2) is 28.5 Å². The largest absolute Gasteiger partial charge is 0.396 e. The molecule has 7 nitrogen and oxygen atoms in total. The number of aldehydes is 3. The molecule has 134 valence electrons. The summed E-state index contributed by atoms with van der Waals surface area (Å²) in [5.41, 5.74) is 1.79. The Morgan fingerprint density at radius 3 is 2.00 bits per heavy atom. The fraction of sp³-hybridized carbons (Fsp3) is 0.389. The first-order chi connectivity index (χ1) is 12.2. The van der Waals surface area contributed by atoms with Crippen LogP contribution in [0.5, 0.6) is 0 Å². The van der Waals surface area contributed by atoms with Crippen LogP contribution in [-0.2, 0) is 14.5 Å². The van der Waals surface area contributed by atoms with Gasteiger partial charge in [0.15, 0.2) is 6.29 Å². The smallest absolute Gasteiger partial charge is 0.167 e. The Bertz CT molecular complexity index is 600. The average molecular weight is 346 g/mol. The Balaban J connectivity index is 2.15. The van der Waals surface area contributed by atoms with E-state index in [2.05, 4.69) is 10.3 Å². The predicted octanol–water partition coefficient (Wildman–Crippen LogP) is 2.81. The van der Waals surface area contributed by atoms with Crippen LogP contribution in [0.4, 0.5) is 0 Å². The summed E-state index contributed by atoms with van der Waals surface area (Å²) < 4.78 is 0. The van der Waals surface area contributed by atoms with Gasteiger partial charge in [-0.25, -0.2) is 0 Å². The van der Waals surface area contributed by atoms with Crippen LogP contribution in [0.2, 0.25) is 0 Å². The summed E-state index contributed by atoms with van der Waals surface area (Å²) in [6.07, 6.45) is 7.11. The highest BCUT2D eigenvalue weighted by Crippen LogP contribution is 2.06. The molecule has 0 fully saturated rings. The number of benzene rings is 1. The van der Waals surface area contributed by atoms with Crippen molar-refractivity contribution in [1.82, 2.24) is 0 Å². The Morgan fingerprint density at radius 1 is 0.880 bits per heavy atom. The zero-order valence-electron chi connectivity index (χ0n) is 14.2. The predicted molar refractivity (Wildman–Crippen MR) is 94.4 cm³/mol. The average Bonchev–Trinajstić information content (AvgIpc) is 2.65. The van der Waals surface area contributed by atoms with Gasteiger partial charge in [0, 0.05) is 11.1 Å². The third kappa shape index (κ3) is 9.14. The van der Waals surface area contributed by atoms with Crippen LogP contribution in [0.3, 0.4) is 0 Å². The van der Waals surface area contributed by atoms with Gasteiger partial charge in [-0.2, -0.15) is 0 Å². The van der Waals surface area contributed by atoms with Gasteiger partial charge in [-0.05, 0) is 56.4 Å². The van der Waals surface area contributed by atoms with Crippen molar-refractivity contribution in [3.63, 3.8) is 0 Å². The van der Waals surface area contributed by atoms with Crippen molar-refractivity contribution in [2.24, 2.45) is 10.3 Å². The standard InChI is InChI=1S/C18H22N2O5/c1-15(12-21)20-25-7-5-3-2-4-6-24-19-11-16-8-17(13-22)10-18(9-16)14-23/h8-14H,2-7H2,1H3/b19-11+,20-15+. The van der Waals surface area contributed by atoms with E-state index in [0.717, 1.165) is 25.7 Å². The Hall–Kier alpha value is -2.83. The molecule has 0 unspecified atom stereocenters. The molecule has 1 aromatic rings. The molecular weight excluding hydrogens is 324 g/mol. The fourth-order valence-electron chi connectivity index (χ4n) is 1.92. The van der Waals surface area contributed by atoms with Crippen LogP contribution in [-0.4, -0.2) is 44.0 Å². The van der Waals surface area contributed by atoms with Crippen molar-refractivity contribution < 1.29 is 24.1 Å². The fourth-order valence-corrected chi connectivity index (χ4v) is 1.92. The van der Waals surface area contributed by atoms with E-state index >= 15 is 0 Å². The molecule has 1 rings (SSSR count). The Labute approximate surface area is 146 Å². The van der Waals surface area contributed by atoms with Crippen molar-refractivity contribution in [2.45, 2.75) is 32.6 Å². The quantitative estimate of drug-likeness (QED) is 0.237. The highest BCUT2D eigenvalue weighted by atomic mass is 16.6. The van der Waals surface area contributed by atoms with E-state index in [1.165, 1.54) is 12.3 Å². The molecule has 25 heavy (non-hydrogen) atoms. The van der Waals surface area contributed by atoms with Gasteiger partial charge in [0.1, 0.15) is 31.5 Å². The van der Waals surface area contributed by atoms with Gasteiger partial charge >= 0.3 is 0 Å². The van der Waals surface area contributed by atoms with Gasteiger partial charge in [0.2, 0.25) is 0 Å². The number of carbonyl (C=O) groups excluding carboxylic acids is 3. The molecule has 0 amide bonds. The van der Waals surface area contributed by atoms with Gasteiger partial charge in [-0.3, -0.25) is 14.4 Å². The maximum Gasteiger partial charge on any atom is 0.167 e. The van der Waals surface area contributed by atoms with Gasteiger partial charge in [-0.1, -0.05) is 10.3 Å². The third-order valence-corrected chi connectivity index (χ3v) is 3.15. The zero-order chi connectivity index (χ0) is 18.3. The Kier molecular flexibility index (Phi) is 10.2. The molecular formula is C18H22N2O5. The maximum atomic E-state index is 10.8. The first kappa shape index (κ1) is 20.2. The van der Waals surface area contributed by atoms with Crippen molar-refractivity contribution in [2.75, 3.05) is 13.2 Å². The molecule has 0 aliphatic carbocycles. The molecule has 0 radical (unpaired) electrons. The molecule has 1 aromatic carbocycles. The molecule has 0 N–H and O–H groups in total. The third-order valence-electron chi connectivity index (χ3n) is 3.15. The SMILES string of the molecule is C/C(C=O)=N\OCCCCCCO/N=C/c1cc(C=O)cc(C=O)c1. The van der Waals surface area contributed by atoms with Crippen molar-refractivity contribution in [3.05, 3.63) is 34.9 Å². The first-order valence-electron chi connectivity index (χ1n) is 8.02. The molecule has 7 heteroatoms. The van der Waals surface area contributed by atoms with Gasteiger partial charge in [-0.15, -0.1) is 0 Å². The minimum Gasteiger partial charge on any atom is -0.396 e. The number of unbranched alkanes of at least 4 members (excludes halogenated alkanes) is 3. The lowest BCUT2D eigenvalue weighted by Crippen LogP contribution is -1.96. The highest BCUT2D eigenvalue weighted by molar-refractivity contribution is 6.26. The molecule has 0 atom stereocenters. The normalized spacial score (nSPS) is 11.3. The van der Waals surface area contributed by atoms with E-state index in [1.807, 2.05) is 0 Å². The second-order valence-electron chi connectivity index (χ2n) is 5.33. The van der Waals surface area contributed by atoms with Gasteiger partial charge in [0.05, 0.1) is 6.21 Å². The second kappa shape index (κ2) is 12.6. The van der Waals surface area contributed by atoms with E-state index < -0.39 is 0 Å². The number of rotatable bonds is 13. The van der Waals surface area contributed by atoms with E-state index in [4.69, 9.17) is 9.68 Å². The van der Waals surface area contributed by atoms with E-state index in [-0.39, 0.29) is 0 Å². The molecule has 0 heterocycles. The minimum absolute atomic E-state index is 0.324. The highest BCUT2D eigenvalue weighted by Gasteiger charge is 1.98. The van der Waals surface area contributed by atoms with Crippen LogP contribution in [0.1, 0.15) is 58.9 Å². The molecule has 0 spiro atoms. The van der Waals surface area contributed by atoms with Crippen LogP contribution >= 0.6 is 0 Å². The van der Waals surface area contributed by atoms with Crippen molar-refractivity contribution in [1.29, 1.82) is 0 Å². The summed E-state index contributed by atoms with van der Waals surface area (Å²) in [6.45, 7) is 2.55. The van der Waals surface area contributed by atoms with E-state index in [1.54, 1.807) is 19.1 Å². The number of oxime groups is 2. The monoisotopic (exact) mass is 346 g/mol. The summed E-state index contributed by atoms with van der Waals surface area (Å²) in [5, 5.41) is 7.45. The number of carbonyl (C=O) groups is 3. The van der Waals surface area contributed by atoms with Crippen LogP contribution in [0, 0.1) is 0 Å². The summed E-state index contributed by atoms with van der Waals surface area (Å²) in [6, 6.07) is 4.76. The van der Waals surface area contributed by atoms with Crippen LogP contribution < -0.4 is 0 Å². The molecule has 0 aliphatic rings. The summed E-state index contributed by atoms with van der Waals surface area (Å²) in [5.74, 6) is 0.